The van der Waals surface area contributed by atoms with Gasteiger partial charge in [0.05, 0.1) is 13.2 Å². The van der Waals surface area contributed by atoms with Gasteiger partial charge in [0.25, 0.3) is 0 Å². The lowest BCUT2D eigenvalue weighted by Gasteiger charge is -2.62. The van der Waals surface area contributed by atoms with E-state index in [-0.39, 0.29) is 46.6 Å². The van der Waals surface area contributed by atoms with Crippen LogP contribution in [-0.2, 0) is 33.3 Å². The third-order valence-electron chi connectivity index (χ3n) is 10.8. The first kappa shape index (κ1) is 24.2. The van der Waals surface area contributed by atoms with Crippen molar-refractivity contribution in [3.8, 4) is 0 Å². The van der Waals surface area contributed by atoms with Gasteiger partial charge in [-0.1, -0.05) is 13.8 Å². The van der Waals surface area contributed by atoms with Crippen LogP contribution in [0.5, 0.6) is 0 Å². The lowest BCUT2D eigenvalue weighted by molar-refractivity contribution is -0.305. The van der Waals surface area contributed by atoms with Crippen molar-refractivity contribution in [3.63, 3.8) is 0 Å². The van der Waals surface area contributed by atoms with Crippen molar-refractivity contribution in [2.45, 2.75) is 103 Å². The lowest BCUT2D eigenvalue weighted by Crippen LogP contribution is -2.66. The topological polar surface area (TPSA) is 88.1 Å². The Labute approximate surface area is 202 Å². The fourth-order valence-electron chi connectivity index (χ4n) is 9.34. The minimum atomic E-state index is -0.970. The van der Waals surface area contributed by atoms with E-state index in [2.05, 4.69) is 13.8 Å². The summed E-state index contributed by atoms with van der Waals surface area (Å²) in [6.45, 7) is 10.4. The van der Waals surface area contributed by atoms with Crippen molar-refractivity contribution < 1.29 is 33.3 Å². The number of fused-ring (bicyclic) bond motifs is 5. The quantitative estimate of drug-likeness (QED) is 0.564. The van der Waals surface area contributed by atoms with Crippen LogP contribution in [-0.4, -0.2) is 48.4 Å². The molecule has 0 aromatic rings. The number of Topliss-reactive ketones (excluding diaryl/α,β-unsaturated/α-hetero) is 1. The van der Waals surface area contributed by atoms with Crippen molar-refractivity contribution in [2.24, 2.45) is 34.5 Å². The first-order valence-corrected chi connectivity index (χ1v) is 13.1. The summed E-state index contributed by atoms with van der Waals surface area (Å²) in [5.74, 6) is -0.298. The molecule has 7 nitrogen and oxygen atoms in total. The normalized spacial score (nSPS) is 47.3. The molecule has 5 aliphatic rings. The second-order valence-corrected chi connectivity index (χ2v) is 12.2. The summed E-state index contributed by atoms with van der Waals surface area (Å²) in [6.07, 6.45) is 6.29. The second kappa shape index (κ2) is 8.02. The summed E-state index contributed by atoms with van der Waals surface area (Å²) in [4.78, 5) is 37.5. The monoisotopic (exact) mass is 476 g/mol. The zero-order chi connectivity index (χ0) is 24.5. The highest BCUT2D eigenvalue weighted by molar-refractivity contribution is 5.83. The van der Waals surface area contributed by atoms with E-state index < -0.39 is 11.4 Å². The Kier molecular flexibility index (Phi) is 5.72. The number of ether oxygens (including phenoxy) is 4. The average molecular weight is 477 g/mol. The third-order valence-corrected chi connectivity index (χ3v) is 10.8. The molecule has 7 heteroatoms. The predicted molar refractivity (Wildman–Crippen MR) is 122 cm³/mol. The maximum absolute atomic E-state index is 13.6. The van der Waals surface area contributed by atoms with Crippen molar-refractivity contribution in [3.05, 3.63) is 0 Å². The molecule has 190 valence electrons. The van der Waals surface area contributed by atoms with E-state index in [1.165, 1.54) is 13.8 Å². The van der Waals surface area contributed by atoms with Gasteiger partial charge < -0.3 is 18.9 Å². The van der Waals surface area contributed by atoms with Crippen LogP contribution >= 0.6 is 0 Å². The number of hydrogen-bond donors (Lipinski definition) is 0. The van der Waals surface area contributed by atoms with Gasteiger partial charge in [0.15, 0.2) is 5.60 Å². The fourth-order valence-corrected chi connectivity index (χ4v) is 9.34. The second-order valence-electron chi connectivity index (χ2n) is 12.2. The molecule has 8 atom stereocenters. The summed E-state index contributed by atoms with van der Waals surface area (Å²) in [7, 11) is 0. The molecule has 0 aromatic heterocycles. The molecule has 0 bridgehead atoms. The molecule has 2 unspecified atom stereocenters. The van der Waals surface area contributed by atoms with Crippen LogP contribution < -0.4 is 0 Å². The van der Waals surface area contributed by atoms with E-state index >= 15 is 0 Å². The number of carbonyl (C=O) groups excluding carboxylic acids is 3. The Morgan fingerprint density at radius 3 is 2.24 bits per heavy atom. The first-order chi connectivity index (χ1) is 16.0. The van der Waals surface area contributed by atoms with Crippen LogP contribution in [0.1, 0.15) is 86.0 Å². The zero-order valence-corrected chi connectivity index (χ0v) is 21.3. The van der Waals surface area contributed by atoms with Crippen LogP contribution in [0.3, 0.4) is 0 Å². The Morgan fingerprint density at radius 2 is 1.59 bits per heavy atom. The number of ketones is 1. The maximum Gasteiger partial charge on any atom is 0.303 e. The molecule has 0 spiro atoms. The van der Waals surface area contributed by atoms with Crippen molar-refractivity contribution in [1.29, 1.82) is 0 Å². The van der Waals surface area contributed by atoms with Crippen LogP contribution in [0.4, 0.5) is 0 Å². The largest absolute Gasteiger partial charge is 0.463 e. The molecule has 0 radical (unpaired) electrons. The molecule has 4 saturated carbocycles. The summed E-state index contributed by atoms with van der Waals surface area (Å²) < 4.78 is 24.0. The molecule has 0 amide bonds. The minimum Gasteiger partial charge on any atom is -0.463 e. The van der Waals surface area contributed by atoms with Crippen molar-refractivity contribution in [1.82, 2.24) is 0 Å². The van der Waals surface area contributed by atoms with Crippen LogP contribution in [0, 0.1) is 34.5 Å². The molecule has 0 N–H and O–H groups in total. The number of hydrogen-bond acceptors (Lipinski definition) is 7. The molecule has 5 fully saturated rings. The van der Waals surface area contributed by atoms with E-state index in [1.54, 1.807) is 0 Å². The Hall–Kier alpha value is -1.47. The molecule has 1 aliphatic heterocycles. The molecular formula is C27H40O7. The molecule has 1 saturated heterocycles. The Balaban J connectivity index is 1.46. The van der Waals surface area contributed by atoms with Gasteiger partial charge in [-0.3, -0.25) is 14.4 Å². The van der Waals surface area contributed by atoms with Crippen LogP contribution in [0.25, 0.3) is 0 Å². The smallest absolute Gasteiger partial charge is 0.303 e. The van der Waals surface area contributed by atoms with E-state index in [9.17, 15) is 14.4 Å². The van der Waals surface area contributed by atoms with Gasteiger partial charge in [-0.05, 0) is 75.0 Å². The SMILES string of the molecule is CC(=O)OC1CC[C@@]2(C)C(C1)C(=O)C[C@@H]1[C@@H]2CC[C@@]2(C)[C@H]1CC[C@]2(OC(C)=O)C1(C)OCCO1. The summed E-state index contributed by atoms with van der Waals surface area (Å²) in [5, 5.41) is 0. The highest BCUT2D eigenvalue weighted by Gasteiger charge is 2.74. The first-order valence-electron chi connectivity index (χ1n) is 13.1. The minimum absolute atomic E-state index is 0.0464. The third kappa shape index (κ3) is 3.25. The molecule has 0 aromatic carbocycles. The Morgan fingerprint density at radius 1 is 0.912 bits per heavy atom. The molecule has 4 aliphatic carbocycles. The van der Waals surface area contributed by atoms with Gasteiger partial charge in [-0.25, -0.2) is 0 Å². The predicted octanol–water partition coefficient (Wildman–Crippen LogP) is 4.20. The van der Waals surface area contributed by atoms with Gasteiger partial charge in [0.2, 0.25) is 5.79 Å². The lowest BCUT2D eigenvalue weighted by atomic mass is 9.43. The van der Waals surface area contributed by atoms with Gasteiger partial charge in [-0.2, -0.15) is 0 Å². The number of rotatable bonds is 3. The summed E-state index contributed by atoms with van der Waals surface area (Å²) in [5.41, 5.74) is -1.25. The highest BCUT2D eigenvalue weighted by atomic mass is 16.8. The Bertz CT molecular complexity index is 878. The average Bonchev–Trinajstić information content (AvgIpc) is 3.32. The zero-order valence-electron chi connectivity index (χ0n) is 21.3. The van der Waals surface area contributed by atoms with E-state index in [0.717, 1.165) is 32.1 Å². The van der Waals surface area contributed by atoms with E-state index in [4.69, 9.17) is 18.9 Å². The van der Waals surface area contributed by atoms with E-state index in [0.29, 0.717) is 44.2 Å². The summed E-state index contributed by atoms with van der Waals surface area (Å²) >= 11 is 0. The molecule has 34 heavy (non-hydrogen) atoms. The van der Waals surface area contributed by atoms with Gasteiger partial charge in [0.1, 0.15) is 11.9 Å². The molecule has 1 heterocycles. The van der Waals surface area contributed by atoms with Crippen LogP contribution in [0.15, 0.2) is 0 Å². The molecular weight excluding hydrogens is 436 g/mol. The van der Waals surface area contributed by atoms with E-state index in [1.807, 2.05) is 6.92 Å². The number of esters is 2. The van der Waals surface area contributed by atoms with Crippen LogP contribution in [0.2, 0.25) is 0 Å². The fraction of sp³-hybridized carbons (Fsp3) is 0.889. The van der Waals surface area contributed by atoms with Crippen molar-refractivity contribution in [2.75, 3.05) is 13.2 Å². The maximum atomic E-state index is 13.6. The number of carbonyl (C=O) groups is 3. The van der Waals surface area contributed by atoms with Gasteiger partial charge in [-0.15, -0.1) is 0 Å². The molecule has 5 rings (SSSR count). The highest BCUT2D eigenvalue weighted by Crippen LogP contribution is 2.70. The van der Waals surface area contributed by atoms with Crippen molar-refractivity contribution >= 4 is 17.7 Å². The van der Waals surface area contributed by atoms with Gasteiger partial charge in [0, 0.05) is 31.6 Å². The standard InChI is InChI=1S/C27H40O7/c1-16(28)33-18-6-9-24(3)20-7-10-25(4)21(19(20)15-23(30)22(24)14-18)8-11-27(25,34-17(2)29)26(5)31-12-13-32-26/h18-22H,6-15H2,1-5H3/t18?,19-,20+,21+,22?,24-,25+,27-/m1/s1. The van der Waals surface area contributed by atoms with Gasteiger partial charge >= 0.3 is 11.9 Å². The summed E-state index contributed by atoms with van der Waals surface area (Å²) in [6, 6.07) is 0.